The molecule has 126 valence electrons. The minimum Gasteiger partial charge on any atom is -0.497 e. The third-order valence-electron chi connectivity index (χ3n) is 4.35. The second-order valence-corrected chi connectivity index (χ2v) is 6.14. The van der Waals surface area contributed by atoms with Crippen LogP contribution in [0.3, 0.4) is 0 Å². The van der Waals surface area contributed by atoms with Gasteiger partial charge in [-0.2, -0.15) is 10.2 Å². The smallest absolute Gasteiger partial charge is 0.220 e. The van der Waals surface area contributed by atoms with Gasteiger partial charge in [-0.05, 0) is 18.1 Å². The summed E-state index contributed by atoms with van der Waals surface area (Å²) < 4.78 is 10.9. The summed E-state index contributed by atoms with van der Waals surface area (Å²) in [7, 11) is 1.63. The lowest BCUT2D eigenvalue weighted by molar-refractivity contribution is -0.122. The van der Waals surface area contributed by atoms with Crippen molar-refractivity contribution in [1.82, 2.24) is 5.32 Å². The zero-order chi connectivity index (χ0) is 17.0. The quantitative estimate of drug-likeness (QED) is 0.782. The van der Waals surface area contributed by atoms with E-state index < -0.39 is 5.66 Å². The van der Waals surface area contributed by atoms with Gasteiger partial charge in [-0.25, -0.2) is 0 Å². The first-order chi connectivity index (χ1) is 11.6. The summed E-state index contributed by atoms with van der Waals surface area (Å²) in [4.78, 5) is 12.2. The zero-order valence-corrected chi connectivity index (χ0v) is 13.7. The Balaban J connectivity index is 1.47. The lowest BCUT2D eigenvalue weighted by Crippen LogP contribution is -2.42. The van der Waals surface area contributed by atoms with Crippen molar-refractivity contribution >= 4 is 5.91 Å². The van der Waals surface area contributed by atoms with E-state index in [2.05, 4.69) is 21.5 Å². The van der Waals surface area contributed by atoms with Crippen molar-refractivity contribution in [2.45, 2.75) is 43.8 Å². The molecule has 2 heterocycles. The Labute approximate surface area is 141 Å². The van der Waals surface area contributed by atoms with Crippen molar-refractivity contribution < 1.29 is 14.3 Å². The van der Waals surface area contributed by atoms with Crippen LogP contribution in [-0.4, -0.2) is 31.3 Å². The first-order valence-electron chi connectivity index (χ1n) is 8.11. The average Bonchev–Trinajstić information content (AvgIpc) is 3.38. The molecule has 1 aromatic carbocycles. The molecule has 6 heteroatoms. The second kappa shape index (κ2) is 6.91. The van der Waals surface area contributed by atoms with Crippen molar-refractivity contribution in [1.29, 1.82) is 0 Å². The van der Waals surface area contributed by atoms with Crippen molar-refractivity contribution in [2.75, 3.05) is 13.7 Å². The van der Waals surface area contributed by atoms with Gasteiger partial charge in [-0.1, -0.05) is 6.07 Å². The number of terminal acetylenes is 1. The molecule has 24 heavy (non-hydrogen) atoms. The normalized spacial score (nSPS) is 19.6. The molecule has 0 bridgehead atoms. The van der Waals surface area contributed by atoms with Gasteiger partial charge < -0.3 is 14.8 Å². The molecule has 3 rings (SSSR count). The number of ether oxygens (including phenoxy) is 2. The third-order valence-corrected chi connectivity index (χ3v) is 4.35. The van der Waals surface area contributed by atoms with Crippen molar-refractivity contribution in [3.8, 4) is 23.8 Å². The highest BCUT2D eigenvalue weighted by Crippen LogP contribution is 2.37. The fourth-order valence-electron chi connectivity index (χ4n) is 2.85. The molecule has 2 aliphatic rings. The highest BCUT2D eigenvalue weighted by atomic mass is 16.5. The molecule has 0 radical (unpaired) electrons. The maximum atomic E-state index is 12.2. The van der Waals surface area contributed by atoms with Crippen LogP contribution < -0.4 is 14.8 Å². The molecule has 1 unspecified atom stereocenters. The number of carbonyl (C=O) groups excluding carboxylic acids is 1. The topological polar surface area (TPSA) is 72.3 Å². The molecule has 0 fully saturated rings. The van der Waals surface area contributed by atoms with Gasteiger partial charge in [0.25, 0.3) is 0 Å². The van der Waals surface area contributed by atoms with Gasteiger partial charge in [-0.3, -0.25) is 4.79 Å². The number of methoxy groups -OCH3 is 1. The van der Waals surface area contributed by atoms with E-state index in [9.17, 15) is 4.79 Å². The fourth-order valence-corrected chi connectivity index (χ4v) is 2.85. The number of fused-ring (bicyclic) bond motifs is 1. The number of benzene rings is 1. The predicted molar refractivity (Wildman–Crippen MR) is 89.0 cm³/mol. The largest absolute Gasteiger partial charge is 0.497 e. The molecular formula is C18H21N3O3. The number of carbonyl (C=O) groups is 1. The molecule has 0 saturated heterocycles. The molecule has 0 aromatic heterocycles. The average molecular weight is 327 g/mol. The standard InChI is InChI=1S/C18H21N3O3/c1-3-4-8-18(20-21-18)9-7-17(22)19-14-10-13-5-6-15(23-2)11-16(13)24-12-14/h1,5-6,11,14H,4,7-10,12H2,2H3,(H,19,22). The lowest BCUT2D eigenvalue weighted by Gasteiger charge is -2.26. The number of hydrogen-bond donors (Lipinski definition) is 1. The van der Waals surface area contributed by atoms with E-state index in [0.717, 1.165) is 29.9 Å². The van der Waals surface area contributed by atoms with Gasteiger partial charge in [0.2, 0.25) is 5.91 Å². The summed E-state index contributed by atoms with van der Waals surface area (Å²) in [6.07, 6.45) is 8.37. The molecule has 1 amide bonds. The Morgan fingerprint density at radius 1 is 1.50 bits per heavy atom. The van der Waals surface area contributed by atoms with Gasteiger partial charge >= 0.3 is 0 Å². The van der Waals surface area contributed by atoms with Crippen molar-refractivity contribution in [3.63, 3.8) is 0 Å². The van der Waals surface area contributed by atoms with Gasteiger partial charge in [0, 0.05) is 31.7 Å². The van der Waals surface area contributed by atoms with Gasteiger partial charge in [0.05, 0.1) is 13.2 Å². The Hall–Kier alpha value is -2.55. The third kappa shape index (κ3) is 3.85. The van der Waals surface area contributed by atoms with Gasteiger partial charge in [0.15, 0.2) is 5.66 Å². The molecule has 1 atom stereocenters. The monoisotopic (exact) mass is 327 g/mol. The van der Waals surface area contributed by atoms with Crippen LogP contribution in [0.2, 0.25) is 0 Å². The minimum absolute atomic E-state index is 0.00190. The van der Waals surface area contributed by atoms with Crippen LogP contribution in [0.15, 0.2) is 28.4 Å². The Bertz CT molecular complexity index is 687. The van der Waals surface area contributed by atoms with E-state index in [0.29, 0.717) is 25.9 Å². The van der Waals surface area contributed by atoms with E-state index in [1.54, 1.807) is 7.11 Å². The van der Waals surface area contributed by atoms with Crippen LogP contribution in [-0.2, 0) is 11.2 Å². The molecule has 0 aliphatic carbocycles. The predicted octanol–water partition coefficient (Wildman–Crippen LogP) is 2.47. The number of nitrogens with zero attached hydrogens (tertiary/aromatic N) is 2. The van der Waals surface area contributed by atoms with E-state index in [1.807, 2.05) is 18.2 Å². The van der Waals surface area contributed by atoms with Crippen LogP contribution >= 0.6 is 0 Å². The molecule has 0 saturated carbocycles. The maximum Gasteiger partial charge on any atom is 0.220 e. The number of amides is 1. The van der Waals surface area contributed by atoms with E-state index >= 15 is 0 Å². The summed E-state index contributed by atoms with van der Waals surface area (Å²) >= 11 is 0. The van der Waals surface area contributed by atoms with Crippen LogP contribution in [0, 0.1) is 12.3 Å². The van der Waals surface area contributed by atoms with Crippen LogP contribution in [0.1, 0.15) is 31.2 Å². The summed E-state index contributed by atoms with van der Waals surface area (Å²) in [6, 6.07) is 5.73. The van der Waals surface area contributed by atoms with Crippen molar-refractivity contribution in [3.05, 3.63) is 23.8 Å². The first kappa shape index (κ1) is 16.3. The van der Waals surface area contributed by atoms with Gasteiger partial charge in [-0.15, -0.1) is 12.3 Å². The van der Waals surface area contributed by atoms with Crippen LogP contribution in [0.5, 0.6) is 11.5 Å². The Kier molecular flexibility index (Phi) is 4.70. The number of nitrogens with one attached hydrogen (secondary N) is 1. The summed E-state index contributed by atoms with van der Waals surface area (Å²) in [5.74, 6) is 4.18. The molecular weight excluding hydrogens is 306 g/mol. The zero-order valence-electron chi connectivity index (χ0n) is 13.7. The SMILES string of the molecule is C#CCCC1(CCC(=O)NC2COc3cc(OC)ccc3C2)N=N1. The van der Waals surface area contributed by atoms with E-state index in [4.69, 9.17) is 15.9 Å². The molecule has 2 aliphatic heterocycles. The Morgan fingerprint density at radius 2 is 2.33 bits per heavy atom. The number of rotatable bonds is 7. The first-order valence-corrected chi connectivity index (χ1v) is 8.11. The van der Waals surface area contributed by atoms with Crippen molar-refractivity contribution in [2.24, 2.45) is 10.2 Å². The lowest BCUT2D eigenvalue weighted by atomic mass is 10.0. The Morgan fingerprint density at radius 3 is 3.04 bits per heavy atom. The maximum absolute atomic E-state index is 12.2. The summed E-state index contributed by atoms with van der Waals surface area (Å²) in [5.41, 5.74) is 0.667. The van der Waals surface area contributed by atoms with Gasteiger partial charge in [0.1, 0.15) is 18.1 Å². The highest BCUT2D eigenvalue weighted by molar-refractivity contribution is 5.76. The second-order valence-electron chi connectivity index (χ2n) is 6.14. The fraction of sp³-hybridized carbons (Fsp3) is 0.500. The molecule has 0 spiro atoms. The highest BCUT2D eigenvalue weighted by Gasteiger charge is 2.39. The number of hydrogen-bond acceptors (Lipinski definition) is 5. The minimum atomic E-state index is -0.407. The molecule has 6 nitrogen and oxygen atoms in total. The molecule has 1 N–H and O–H groups in total. The summed E-state index contributed by atoms with van der Waals surface area (Å²) in [6.45, 7) is 0.461. The van der Waals surface area contributed by atoms with Crippen LogP contribution in [0.4, 0.5) is 0 Å². The molecule has 1 aromatic rings. The van der Waals surface area contributed by atoms with E-state index in [1.165, 1.54) is 0 Å². The summed E-state index contributed by atoms with van der Waals surface area (Å²) in [5, 5.41) is 11.1. The van der Waals surface area contributed by atoms with E-state index in [-0.39, 0.29) is 11.9 Å². The van der Waals surface area contributed by atoms with Crippen LogP contribution in [0.25, 0.3) is 0 Å².